The second kappa shape index (κ2) is 34.3. The Kier molecular flexibility index (Phi) is 32.2. The van der Waals surface area contributed by atoms with E-state index in [0.29, 0.717) is 19.3 Å². The molecular weight excluding hydrogens is 755 g/mol. The lowest BCUT2D eigenvalue weighted by atomic mass is 9.99. The number of carbonyl (C=O) groups excluding carboxylic acids is 1. The minimum Gasteiger partial charge on any atom is -0.394 e. The van der Waals surface area contributed by atoms with E-state index >= 15 is 0 Å². The van der Waals surface area contributed by atoms with Gasteiger partial charge in [0.15, 0.2) is 6.29 Å². The lowest BCUT2D eigenvalue weighted by Crippen LogP contribution is -2.61. The second-order valence-corrected chi connectivity index (χ2v) is 16.8. The first kappa shape index (κ1) is 53.6. The molecule has 0 aromatic heterocycles. The monoisotopic (exact) mass is 836 g/mol. The van der Waals surface area contributed by atoms with Gasteiger partial charge in [0.05, 0.1) is 25.4 Å². The zero-order valence-corrected chi connectivity index (χ0v) is 36.1. The maximum absolute atomic E-state index is 13.1. The van der Waals surface area contributed by atoms with E-state index in [4.69, 9.17) is 14.0 Å². The van der Waals surface area contributed by atoms with E-state index in [1.54, 1.807) is 0 Å². The van der Waals surface area contributed by atoms with Crippen LogP contribution in [0.1, 0.15) is 181 Å². The molecule has 13 nitrogen and oxygen atoms in total. The third-order valence-electron chi connectivity index (χ3n) is 10.6. The van der Waals surface area contributed by atoms with Gasteiger partial charge in [0.1, 0.15) is 30.5 Å². The lowest BCUT2D eigenvalue weighted by Gasteiger charge is -2.41. The summed E-state index contributed by atoms with van der Waals surface area (Å²) < 4.78 is 47.4. The molecule has 1 rings (SSSR count). The number of hydrogen-bond acceptors (Lipinski definition) is 11. The van der Waals surface area contributed by atoms with Crippen molar-refractivity contribution in [3.05, 3.63) is 24.3 Å². The van der Waals surface area contributed by atoms with E-state index in [1.165, 1.54) is 83.5 Å². The van der Waals surface area contributed by atoms with Gasteiger partial charge in [0.25, 0.3) is 0 Å². The number of hydrogen-bond donors (Lipinski definition) is 7. The molecule has 0 aliphatic carbocycles. The van der Waals surface area contributed by atoms with Crippen molar-refractivity contribution in [2.45, 2.75) is 230 Å². The van der Waals surface area contributed by atoms with E-state index in [1.807, 2.05) is 0 Å². The van der Waals surface area contributed by atoms with E-state index < -0.39 is 78.5 Å². The summed E-state index contributed by atoms with van der Waals surface area (Å²) in [6.07, 6.45) is 25.4. The van der Waals surface area contributed by atoms with Crippen LogP contribution in [-0.4, -0.2) is 107 Å². The zero-order chi connectivity index (χ0) is 42.2. The Morgan fingerprint density at radius 3 is 1.75 bits per heavy atom. The first-order valence-corrected chi connectivity index (χ1v) is 23.7. The molecule has 0 spiro atoms. The van der Waals surface area contributed by atoms with Gasteiger partial charge in [-0.1, -0.05) is 167 Å². The average molecular weight is 836 g/mol. The van der Waals surface area contributed by atoms with Gasteiger partial charge in [0.2, 0.25) is 5.91 Å². The normalized spacial score (nSPS) is 22.0. The Labute approximate surface area is 345 Å². The Hall–Kier alpha value is -1.46. The summed E-state index contributed by atoms with van der Waals surface area (Å²) in [5.41, 5.74) is 0. The summed E-state index contributed by atoms with van der Waals surface area (Å²) in [4.78, 5) is 13.1. The smallest absolute Gasteiger partial charge is 0.394 e. The predicted octanol–water partition coefficient (Wildman–Crippen LogP) is 7.13. The molecule has 0 bridgehead atoms. The van der Waals surface area contributed by atoms with Crippen molar-refractivity contribution >= 4 is 16.3 Å². The van der Waals surface area contributed by atoms with Gasteiger partial charge in [-0.25, -0.2) is 4.18 Å². The number of allylic oxidation sites excluding steroid dienone is 4. The van der Waals surface area contributed by atoms with Gasteiger partial charge in [-0.15, -0.1) is 0 Å². The molecule has 336 valence electrons. The van der Waals surface area contributed by atoms with Crippen LogP contribution in [0.2, 0.25) is 0 Å². The van der Waals surface area contributed by atoms with Crippen molar-refractivity contribution in [3.8, 4) is 0 Å². The quantitative estimate of drug-likeness (QED) is 0.0189. The average Bonchev–Trinajstić information content (AvgIpc) is 3.18. The van der Waals surface area contributed by atoms with Crippen molar-refractivity contribution in [2.24, 2.45) is 0 Å². The lowest BCUT2D eigenvalue weighted by molar-refractivity contribution is -0.298. The summed E-state index contributed by atoms with van der Waals surface area (Å²) >= 11 is 0. The first-order valence-electron chi connectivity index (χ1n) is 22.3. The van der Waals surface area contributed by atoms with E-state index in [2.05, 4.69) is 47.7 Å². The topological polar surface area (TPSA) is 212 Å². The third kappa shape index (κ3) is 27.1. The van der Waals surface area contributed by atoms with Gasteiger partial charge in [-0.05, 0) is 38.5 Å². The molecule has 8 atom stereocenters. The molecule has 1 heterocycles. The fourth-order valence-corrected chi connectivity index (χ4v) is 7.60. The Balaban J connectivity index is 2.45. The molecule has 14 heteroatoms. The Bertz CT molecular complexity index is 1140. The minimum atomic E-state index is -5.10. The van der Waals surface area contributed by atoms with E-state index in [9.17, 15) is 38.7 Å². The van der Waals surface area contributed by atoms with Crippen molar-refractivity contribution in [2.75, 3.05) is 13.2 Å². The standard InChI is InChI=1S/C43H81NO12S/c1-3-5-7-9-11-13-14-15-16-17-18-19-20-21-22-23-24-26-28-30-32-37(47)42(50)44-35(36(46)31-29-27-25-12-10-8-6-4-2)34-54-43-40(49)41(56-57(51,52)53)39(48)38(33-45)55-43/h5,7,11,13,35-41,43,45-49H,3-4,6,8-10,12,14-34H2,1-2H3,(H,44,50)(H,51,52,53)/b7-5-,13-11-. The van der Waals surface area contributed by atoms with E-state index in [-0.39, 0.29) is 6.42 Å². The van der Waals surface area contributed by atoms with Gasteiger partial charge in [-0.2, -0.15) is 8.42 Å². The van der Waals surface area contributed by atoms with Crippen LogP contribution in [0.15, 0.2) is 24.3 Å². The zero-order valence-electron chi connectivity index (χ0n) is 35.3. The number of carbonyl (C=O) groups is 1. The van der Waals surface area contributed by atoms with Gasteiger partial charge < -0.3 is 40.3 Å². The van der Waals surface area contributed by atoms with Crippen LogP contribution < -0.4 is 5.32 Å². The SMILES string of the molecule is CC/C=C\C/C=C\CCCCCCCCCCCCCCCC(O)C(=O)NC(COC1OC(CO)C(O)C(OS(=O)(=O)O)C1O)C(O)CCCCCCCCCC. The van der Waals surface area contributed by atoms with Crippen LogP contribution in [0.5, 0.6) is 0 Å². The van der Waals surface area contributed by atoms with Gasteiger partial charge in [0, 0.05) is 0 Å². The maximum atomic E-state index is 13.1. The molecule has 57 heavy (non-hydrogen) atoms. The number of unbranched alkanes of at least 4 members (excludes halogenated alkanes) is 20. The summed E-state index contributed by atoms with van der Waals surface area (Å²) in [5.74, 6) is -0.674. The first-order chi connectivity index (χ1) is 27.4. The van der Waals surface area contributed by atoms with Crippen molar-refractivity contribution < 1.29 is 57.0 Å². The van der Waals surface area contributed by atoms with Crippen LogP contribution >= 0.6 is 0 Å². The molecule has 1 aliphatic rings. The number of aliphatic hydroxyl groups is 5. The third-order valence-corrected chi connectivity index (χ3v) is 11.1. The van der Waals surface area contributed by atoms with Crippen LogP contribution in [-0.2, 0) is 28.9 Å². The molecule has 1 fully saturated rings. The Morgan fingerprint density at radius 2 is 1.23 bits per heavy atom. The molecule has 1 amide bonds. The van der Waals surface area contributed by atoms with Gasteiger partial charge >= 0.3 is 10.4 Å². The fourth-order valence-electron chi connectivity index (χ4n) is 7.09. The summed E-state index contributed by atoms with van der Waals surface area (Å²) in [6.45, 7) is 3.12. The molecular formula is C43H81NO12S. The largest absolute Gasteiger partial charge is 0.397 e. The minimum absolute atomic E-state index is 0.259. The fraction of sp³-hybridized carbons (Fsp3) is 0.884. The highest BCUT2D eigenvalue weighted by molar-refractivity contribution is 7.80. The predicted molar refractivity (Wildman–Crippen MR) is 224 cm³/mol. The van der Waals surface area contributed by atoms with E-state index in [0.717, 1.165) is 57.8 Å². The summed E-state index contributed by atoms with van der Waals surface area (Å²) in [6, 6.07) is -1.03. The number of ether oxygens (including phenoxy) is 2. The highest BCUT2D eigenvalue weighted by Gasteiger charge is 2.48. The molecule has 0 radical (unpaired) electrons. The molecule has 1 aliphatic heterocycles. The van der Waals surface area contributed by atoms with Crippen molar-refractivity contribution in [1.29, 1.82) is 0 Å². The van der Waals surface area contributed by atoms with Crippen LogP contribution in [0.25, 0.3) is 0 Å². The molecule has 0 aromatic rings. The van der Waals surface area contributed by atoms with Crippen molar-refractivity contribution in [1.82, 2.24) is 5.32 Å². The number of rotatable bonds is 37. The summed E-state index contributed by atoms with van der Waals surface area (Å²) in [7, 11) is -5.10. The molecule has 0 saturated carbocycles. The number of nitrogens with one attached hydrogen (secondary N) is 1. The maximum Gasteiger partial charge on any atom is 0.397 e. The molecule has 0 aromatic carbocycles. The highest BCUT2D eigenvalue weighted by Crippen LogP contribution is 2.26. The molecule has 7 N–H and O–H groups in total. The van der Waals surface area contributed by atoms with Crippen LogP contribution in [0.4, 0.5) is 0 Å². The van der Waals surface area contributed by atoms with Crippen LogP contribution in [0.3, 0.4) is 0 Å². The summed E-state index contributed by atoms with van der Waals surface area (Å²) in [5, 5.41) is 55.1. The van der Waals surface area contributed by atoms with Crippen LogP contribution in [0, 0.1) is 0 Å². The Morgan fingerprint density at radius 1 is 0.719 bits per heavy atom. The number of aliphatic hydroxyl groups excluding tert-OH is 5. The highest BCUT2D eigenvalue weighted by atomic mass is 32.3. The molecule has 1 saturated heterocycles. The van der Waals surface area contributed by atoms with Gasteiger partial charge in [-0.3, -0.25) is 9.35 Å². The molecule has 8 unspecified atom stereocenters. The van der Waals surface area contributed by atoms with Crippen molar-refractivity contribution in [3.63, 3.8) is 0 Å². The second-order valence-electron chi connectivity index (χ2n) is 15.8. The number of amides is 1.